The van der Waals surface area contributed by atoms with Crippen LogP contribution in [-0.2, 0) is 25.7 Å². The molecule has 0 aliphatic carbocycles. The molecule has 1 saturated heterocycles. The summed E-state index contributed by atoms with van der Waals surface area (Å²) < 4.78 is 5.85. The summed E-state index contributed by atoms with van der Waals surface area (Å²) in [6.07, 6.45) is 2.14. The first kappa shape index (κ1) is 25.3. The van der Waals surface area contributed by atoms with E-state index in [0.717, 1.165) is 48.8 Å². The van der Waals surface area contributed by atoms with E-state index in [4.69, 9.17) is 36.1 Å². The normalized spacial score (nSPS) is 14.2. The molecule has 2 aromatic rings. The van der Waals surface area contributed by atoms with Crippen LogP contribution in [0.3, 0.4) is 0 Å². The average molecular weight is 463 g/mol. The van der Waals surface area contributed by atoms with E-state index in [1.807, 2.05) is 54.6 Å². The van der Waals surface area contributed by atoms with Gasteiger partial charge in [0, 0.05) is 17.3 Å². The predicted molar refractivity (Wildman–Crippen MR) is 121 cm³/mol. The molecule has 0 aromatic heterocycles. The molecule has 1 aliphatic heterocycles. The number of ether oxygens (including phenoxy) is 1. The Hall–Kier alpha value is -2.94. The second kappa shape index (κ2) is 13.5. The molecule has 0 bridgehead atoms. The molecule has 0 atom stereocenters. The molecule has 0 spiro atoms. The molecule has 1 fully saturated rings. The second-order valence-corrected chi connectivity index (χ2v) is 7.82. The number of amides is 1. The molecule has 1 aliphatic rings. The quantitative estimate of drug-likeness (QED) is 0.540. The van der Waals surface area contributed by atoms with Gasteiger partial charge in [-0.15, -0.1) is 0 Å². The standard InChI is InChI=1S/C21H25ClN2O2.C2H2O4/c22-19-8-6-17(7-9-19)15-26-16-18-10-12-24(13-11-18)14-21(25)23-20-4-2-1-3-5-20;3-1(4)2(5)6/h1-9,18H,10-16H2,(H,23,25);(H,3,4)(H,5,6). The number of nitrogens with one attached hydrogen (secondary N) is 1. The number of carbonyl (C=O) groups excluding carboxylic acids is 1. The third-order valence-corrected chi connectivity index (χ3v) is 5.10. The van der Waals surface area contributed by atoms with Crippen LogP contribution in [0.1, 0.15) is 18.4 Å². The van der Waals surface area contributed by atoms with Crippen molar-refractivity contribution in [2.45, 2.75) is 19.4 Å². The van der Waals surface area contributed by atoms with Gasteiger partial charge in [0.05, 0.1) is 13.2 Å². The molecule has 0 radical (unpaired) electrons. The number of carbonyl (C=O) groups is 3. The minimum absolute atomic E-state index is 0.0497. The fraction of sp³-hybridized carbons (Fsp3) is 0.348. The second-order valence-electron chi connectivity index (χ2n) is 7.39. The maximum Gasteiger partial charge on any atom is 0.414 e. The number of anilines is 1. The largest absolute Gasteiger partial charge is 0.473 e. The zero-order valence-electron chi connectivity index (χ0n) is 17.6. The van der Waals surface area contributed by atoms with Crippen molar-refractivity contribution in [2.75, 3.05) is 31.6 Å². The Bertz CT molecular complexity index is 856. The van der Waals surface area contributed by atoms with Crippen LogP contribution in [0.4, 0.5) is 5.69 Å². The van der Waals surface area contributed by atoms with E-state index in [2.05, 4.69) is 10.2 Å². The predicted octanol–water partition coefficient (Wildman–Crippen LogP) is 3.36. The SMILES string of the molecule is O=C(CN1CCC(COCc2ccc(Cl)cc2)CC1)Nc1ccccc1.O=C(O)C(=O)O. The van der Waals surface area contributed by atoms with Gasteiger partial charge >= 0.3 is 11.9 Å². The van der Waals surface area contributed by atoms with E-state index in [1.54, 1.807) is 0 Å². The third kappa shape index (κ3) is 9.91. The van der Waals surface area contributed by atoms with Crippen LogP contribution in [0.2, 0.25) is 5.02 Å². The van der Waals surface area contributed by atoms with Crippen LogP contribution in [0.5, 0.6) is 0 Å². The summed E-state index contributed by atoms with van der Waals surface area (Å²) in [6, 6.07) is 17.4. The maximum atomic E-state index is 12.1. The average Bonchev–Trinajstić information content (AvgIpc) is 2.77. The van der Waals surface area contributed by atoms with Gasteiger partial charge in [0.15, 0.2) is 0 Å². The van der Waals surface area contributed by atoms with E-state index in [0.29, 0.717) is 19.1 Å². The van der Waals surface area contributed by atoms with Gasteiger partial charge in [0.1, 0.15) is 0 Å². The lowest BCUT2D eigenvalue weighted by molar-refractivity contribution is -0.159. The van der Waals surface area contributed by atoms with Gasteiger partial charge in [-0.05, 0) is 61.7 Å². The van der Waals surface area contributed by atoms with Crippen LogP contribution < -0.4 is 5.32 Å². The molecule has 172 valence electrons. The van der Waals surface area contributed by atoms with Gasteiger partial charge in [0.25, 0.3) is 0 Å². The Kier molecular flexibility index (Phi) is 10.7. The zero-order valence-corrected chi connectivity index (χ0v) is 18.3. The first-order chi connectivity index (χ1) is 15.3. The molecule has 3 N–H and O–H groups in total. The van der Waals surface area contributed by atoms with Gasteiger partial charge in [-0.2, -0.15) is 0 Å². The van der Waals surface area contributed by atoms with Crippen LogP contribution in [0, 0.1) is 5.92 Å². The number of nitrogens with zero attached hydrogens (tertiary/aromatic N) is 1. The van der Waals surface area contributed by atoms with Crippen molar-refractivity contribution in [3.8, 4) is 0 Å². The highest BCUT2D eigenvalue weighted by atomic mass is 35.5. The summed E-state index contributed by atoms with van der Waals surface area (Å²) in [4.78, 5) is 32.5. The first-order valence-electron chi connectivity index (χ1n) is 10.2. The number of piperidine rings is 1. The summed E-state index contributed by atoms with van der Waals surface area (Å²) >= 11 is 5.89. The number of rotatable bonds is 7. The molecule has 3 rings (SSSR count). The molecule has 1 amide bonds. The maximum absolute atomic E-state index is 12.1. The molecule has 0 saturated carbocycles. The number of likely N-dealkylation sites (tertiary alicyclic amines) is 1. The van der Waals surface area contributed by atoms with Crippen molar-refractivity contribution in [1.82, 2.24) is 4.90 Å². The van der Waals surface area contributed by atoms with E-state index in [1.165, 1.54) is 0 Å². The van der Waals surface area contributed by atoms with E-state index in [9.17, 15) is 4.79 Å². The van der Waals surface area contributed by atoms with E-state index < -0.39 is 11.9 Å². The number of aliphatic carboxylic acids is 2. The Labute approximate surface area is 191 Å². The molecular formula is C23H27ClN2O6. The summed E-state index contributed by atoms with van der Waals surface area (Å²) in [5.41, 5.74) is 1.99. The first-order valence-corrected chi connectivity index (χ1v) is 10.6. The number of benzene rings is 2. The fourth-order valence-corrected chi connectivity index (χ4v) is 3.29. The summed E-state index contributed by atoms with van der Waals surface area (Å²) in [5.74, 6) is -3.03. The topological polar surface area (TPSA) is 116 Å². The van der Waals surface area contributed by atoms with Crippen molar-refractivity contribution in [1.29, 1.82) is 0 Å². The van der Waals surface area contributed by atoms with Gasteiger partial charge in [-0.25, -0.2) is 9.59 Å². The summed E-state index contributed by atoms with van der Waals surface area (Å²) in [5, 5.41) is 18.5. The van der Waals surface area contributed by atoms with Crippen molar-refractivity contribution in [2.24, 2.45) is 5.92 Å². The molecule has 2 aromatic carbocycles. The van der Waals surface area contributed by atoms with Crippen molar-refractivity contribution in [3.05, 3.63) is 65.2 Å². The molecule has 0 unspecified atom stereocenters. The van der Waals surface area contributed by atoms with Crippen LogP contribution in [0.25, 0.3) is 0 Å². The Morgan fingerprint density at radius 3 is 2.12 bits per heavy atom. The minimum Gasteiger partial charge on any atom is -0.473 e. The summed E-state index contributed by atoms with van der Waals surface area (Å²) in [6.45, 7) is 3.73. The van der Waals surface area contributed by atoms with Gasteiger partial charge in [-0.3, -0.25) is 9.69 Å². The van der Waals surface area contributed by atoms with Crippen LogP contribution in [0.15, 0.2) is 54.6 Å². The fourth-order valence-electron chi connectivity index (χ4n) is 3.16. The van der Waals surface area contributed by atoms with Crippen LogP contribution >= 0.6 is 11.6 Å². The number of carboxylic acids is 2. The minimum atomic E-state index is -1.82. The number of para-hydroxylation sites is 1. The van der Waals surface area contributed by atoms with Crippen LogP contribution in [-0.4, -0.2) is 59.2 Å². The lowest BCUT2D eigenvalue weighted by Crippen LogP contribution is -2.40. The number of hydrogen-bond acceptors (Lipinski definition) is 5. The van der Waals surface area contributed by atoms with E-state index >= 15 is 0 Å². The molecule has 1 heterocycles. The zero-order chi connectivity index (χ0) is 23.3. The van der Waals surface area contributed by atoms with E-state index in [-0.39, 0.29) is 5.91 Å². The van der Waals surface area contributed by atoms with Crippen molar-refractivity contribution < 1.29 is 29.3 Å². The smallest absolute Gasteiger partial charge is 0.414 e. The number of halogens is 1. The lowest BCUT2D eigenvalue weighted by Gasteiger charge is -2.31. The van der Waals surface area contributed by atoms with Gasteiger partial charge in [-0.1, -0.05) is 41.9 Å². The highest BCUT2D eigenvalue weighted by Gasteiger charge is 2.21. The Balaban J connectivity index is 0.000000534. The third-order valence-electron chi connectivity index (χ3n) is 4.85. The Morgan fingerprint density at radius 1 is 0.969 bits per heavy atom. The highest BCUT2D eigenvalue weighted by Crippen LogP contribution is 2.18. The molecular weight excluding hydrogens is 436 g/mol. The highest BCUT2D eigenvalue weighted by molar-refractivity contribution is 6.30. The number of carboxylic acid groups (broad SMARTS) is 2. The molecule has 9 heteroatoms. The Morgan fingerprint density at radius 2 is 1.56 bits per heavy atom. The van der Waals surface area contributed by atoms with Crippen molar-refractivity contribution in [3.63, 3.8) is 0 Å². The number of hydrogen-bond donors (Lipinski definition) is 3. The van der Waals surface area contributed by atoms with Gasteiger partial charge in [0.2, 0.25) is 5.91 Å². The van der Waals surface area contributed by atoms with Crippen molar-refractivity contribution >= 4 is 35.1 Å². The molecule has 32 heavy (non-hydrogen) atoms. The summed E-state index contributed by atoms with van der Waals surface area (Å²) in [7, 11) is 0. The monoisotopic (exact) mass is 462 g/mol. The van der Waals surface area contributed by atoms with Gasteiger partial charge < -0.3 is 20.3 Å². The lowest BCUT2D eigenvalue weighted by atomic mass is 9.98. The molecule has 8 nitrogen and oxygen atoms in total.